The molecule has 2 aromatic heterocycles. The summed E-state index contributed by atoms with van der Waals surface area (Å²) in [6.45, 7) is 0. The van der Waals surface area contributed by atoms with Gasteiger partial charge in [-0.15, -0.1) is 0 Å². The second kappa shape index (κ2) is 6.55. The number of aromatic nitrogens is 2. The average Bonchev–Trinajstić information content (AvgIpc) is 2.65. The van der Waals surface area contributed by atoms with Crippen molar-refractivity contribution < 1.29 is 9.21 Å². The van der Waals surface area contributed by atoms with Crippen molar-refractivity contribution in [1.29, 1.82) is 0 Å². The van der Waals surface area contributed by atoms with Crippen molar-refractivity contribution in [3.63, 3.8) is 0 Å². The number of nitrogen functional groups attached to an aromatic ring is 1. The maximum Gasteiger partial charge on any atom is 0.337 e. The Balaban J connectivity index is 2.13. The minimum absolute atomic E-state index is 0.0171. The van der Waals surface area contributed by atoms with Crippen LogP contribution in [-0.2, 0) is 7.05 Å². The molecule has 0 spiro atoms. The summed E-state index contributed by atoms with van der Waals surface area (Å²) in [7, 11) is 1.28. The van der Waals surface area contributed by atoms with E-state index < -0.39 is 22.8 Å². The Labute approximate surface area is 145 Å². The van der Waals surface area contributed by atoms with Gasteiger partial charge in [-0.2, -0.15) is 0 Å². The number of anilines is 2. The first kappa shape index (κ1) is 17.0. The van der Waals surface area contributed by atoms with Gasteiger partial charge in [0, 0.05) is 13.1 Å². The van der Waals surface area contributed by atoms with Crippen LogP contribution in [0.4, 0.5) is 11.5 Å². The van der Waals surface area contributed by atoms with Crippen LogP contribution >= 0.6 is 0 Å². The number of rotatable bonds is 3. The lowest BCUT2D eigenvalue weighted by atomic mass is 10.2. The molecule has 0 aliphatic carbocycles. The zero-order chi connectivity index (χ0) is 18.8. The number of para-hydroxylation sites is 1. The number of hydrogen-bond donors (Lipinski definition) is 2. The van der Waals surface area contributed by atoms with E-state index in [0.29, 0.717) is 5.69 Å². The van der Waals surface area contributed by atoms with Crippen LogP contribution in [0.25, 0.3) is 5.69 Å². The highest BCUT2D eigenvalue weighted by molar-refractivity contribution is 6.05. The van der Waals surface area contributed by atoms with Crippen molar-refractivity contribution in [3.05, 3.63) is 85.5 Å². The lowest BCUT2D eigenvalue weighted by Crippen LogP contribution is -2.40. The number of nitrogens with two attached hydrogens (primary N) is 1. The van der Waals surface area contributed by atoms with Gasteiger partial charge in [-0.3, -0.25) is 14.2 Å². The maximum absolute atomic E-state index is 12.4. The Bertz CT molecular complexity index is 1140. The number of benzene rings is 1. The van der Waals surface area contributed by atoms with Crippen LogP contribution in [0, 0.1) is 0 Å². The molecule has 9 nitrogen and oxygen atoms in total. The molecule has 9 heteroatoms. The van der Waals surface area contributed by atoms with Crippen molar-refractivity contribution >= 4 is 17.4 Å². The lowest BCUT2D eigenvalue weighted by Gasteiger charge is -2.15. The van der Waals surface area contributed by atoms with Gasteiger partial charge in [-0.25, -0.2) is 14.2 Å². The van der Waals surface area contributed by atoms with Gasteiger partial charge in [0.15, 0.2) is 0 Å². The van der Waals surface area contributed by atoms with Crippen LogP contribution < -0.4 is 27.9 Å². The van der Waals surface area contributed by atoms with Gasteiger partial charge in [0.1, 0.15) is 17.8 Å². The summed E-state index contributed by atoms with van der Waals surface area (Å²) in [6.07, 6.45) is 0.964. The minimum Gasteiger partial charge on any atom is -0.430 e. The fraction of sp³-hybridized carbons (Fsp3) is 0.0588. The Morgan fingerprint density at radius 1 is 1.08 bits per heavy atom. The highest BCUT2D eigenvalue weighted by Crippen LogP contribution is 2.16. The lowest BCUT2D eigenvalue weighted by molar-refractivity contribution is 0.102. The molecule has 3 rings (SSSR count). The van der Waals surface area contributed by atoms with E-state index in [-0.39, 0.29) is 17.1 Å². The molecule has 0 fully saturated rings. The molecular formula is C17H14N4O5. The first-order valence-electron chi connectivity index (χ1n) is 7.47. The summed E-state index contributed by atoms with van der Waals surface area (Å²) in [5, 5.41) is 2.37. The second-order valence-electron chi connectivity index (χ2n) is 5.38. The normalized spacial score (nSPS) is 10.5. The van der Waals surface area contributed by atoms with Gasteiger partial charge < -0.3 is 15.5 Å². The van der Waals surface area contributed by atoms with Crippen LogP contribution in [-0.4, -0.2) is 15.0 Å². The fourth-order valence-electron chi connectivity index (χ4n) is 2.35. The standard InChI is InChI=1S/C17H14N4O5/c1-20-16(24)13(19-15(23)10-7-8-12(22)26-9-10)14(18)21(17(20)25)11-5-3-2-4-6-11/h2-9H,18H2,1H3,(H,19,23). The van der Waals surface area contributed by atoms with E-state index in [1.165, 1.54) is 13.1 Å². The van der Waals surface area contributed by atoms with Crippen molar-refractivity contribution in [1.82, 2.24) is 9.13 Å². The molecule has 0 radical (unpaired) electrons. The molecule has 1 amide bonds. The van der Waals surface area contributed by atoms with Gasteiger partial charge >= 0.3 is 11.3 Å². The summed E-state index contributed by atoms with van der Waals surface area (Å²) < 4.78 is 6.58. The van der Waals surface area contributed by atoms with Gasteiger partial charge in [0.25, 0.3) is 11.5 Å². The number of amides is 1. The maximum atomic E-state index is 12.4. The largest absolute Gasteiger partial charge is 0.430 e. The summed E-state index contributed by atoms with van der Waals surface area (Å²) in [5.74, 6) is -0.925. The van der Waals surface area contributed by atoms with Crippen molar-refractivity contribution in [2.45, 2.75) is 0 Å². The third-order valence-electron chi connectivity index (χ3n) is 3.71. The van der Waals surface area contributed by atoms with Gasteiger partial charge in [-0.05, 0) is 18.2 Å². The summed E-state index contributed by atoms with van der Waals surface area (Å²) >= 11 is 0. The molecule has 1 aromatic carbocycles. The highest BCUT2D eigenvalue weighted by atomic mass is 16.4. The fourth-order valence-corrected chi connectivity index (χ4v) is 2.35. The highest BCUT2D eigenvalue weighted by Gasteiger charge is 2.19. The topological polar surface area (TPSA) is 129 Å². The third kappa shape index (κ3) is 2.93. The molecule has 3 N–H and O–H groups in total. The van der Waals surface area contributed by atoms with Crippen LogP contribution in [0.2, 0.25) is 0 Å². The van der Waals surface area contributed by atoms with E-state index in [0.717, 1.165) is 21.5 Å². The van der Waals surface area contributed by atoms with E-state index in [2.05, 4.69) is 9.73 Å². The van der Waals surface area contributed by atoms with Crippen LogP contribution in [0.3, 0.4) is 0 Å². The van der Waals surface area contributed by atoms with Gasteiger partial charge in [-0.1, -0.05) is 18.2 Å². The van der Waals surface area contributed by atoms with Crippen molar-refractivity contribution in [2.24, 2.45) is 7.05 Å². The Morgan fingerprint density at radius 2 is 1.77 bits per heavy atom. The van der Waals surface area contributed by atoms with Crippen LogP contribution in [0.15, 0.2) is 67.5 Å². The monoisotopic (exact) mass is 354 g/mol. The summed E-state index contributed by atoms with van der Waals surface area (Å²) in [5.41, 5.74) is 4.17. The Morgan fingerprint density at radius 3 is 2.38 bits per heavy atom. The minimum atomic E-state index is -0.759. The molecule has 0 aliphatic heterocycles. The molecule has 0 aliphatic rings. The zero-order valence-electron chi connectivity index (χ0n) is 13.6. The molecule has 0 bridgehead atoms. The summed E-state index contributed by atoms with van der Waals surface area (Å²) in [6, 6.07) is 10.8. The predicted molar refractivity (Wildman–Crippen MR) is 94.6 cm³/mol. The molecule has 0 saturated carbocycles. The van der Waals surface area contributed by atoms with E-state index in [1.54, 1.807) is 30.3 Å². The first-order valence-corrected chi connectivity index (χ1v) is 7.47. The van der Waals surface area contributed by atoms with Crippen molar-refractivity contribution in [3.8, 4) is 5.69 Å². The Hall–Kier alpha value is -3.88. The van der Waals surface area contributed by atoms with Gasteiger partial charge in [0.05, 0.1) is 11.3 Å². The number of carbonyl (C=O) groups is 1. The van der Waals surface area contributed by atoms with E-state index >= 15 is 0 Å². The second-order valence-corrected chi connectivity index (χ2v) is 5.38. The third-order valence-corrected chi connectivity index (χ3v) is 3.71. The van der Waals surface area contributed by atoms with E-state index in [1.807, 2.05) is 0 Å². The van der Waals surface area contributed by atoms with Gasteiger partial charge in [0.2, 0.25) is 0 Å². The molecule has 132 valence electrons. The smallest absolute Gasteiger partial charge is 0.337 e. The predicted octanol–water partition coefficient (Wildman–Crippen LogP) is 0.324. The summed E-state index contributed by atoms with van der Waals surface area (Å²) in [4.78, 5) is 48.1. The number of carbonyl (C=O) groups excluding carboxylic acids is 1. The Kier molecular flexibility index (Phi) is 4.27. The molecule has 0 atom stereocenters. The SMILES string of the molecule is Cn1c(=O)c(NC(=O)c2ccc(=O)oc2)c(N)n(-c2ccccc2)c1=O. The van der Waals surface area contributed by atoms with Crippen LogP contribution in [0.1, 0.15) is 10.4 Å². The molecule has 0 saturated heterocycles. The molecule has 2 heterocycles. The van der Waals surface area contributed by atoms with E-state index in [4.69, 9.17) is 5.73 Å². The van der Waals surface area contributed by atoms with Crippen molar-refractivity contribution in [2.75, 3.05) is 11.1 Å². The number of nitrogens with one attached hydrogen (secondary N) is 1. The molecule has 3 aromatic rings. The molecule has 0 unspecified atom stereocenters. The average molecular weight is 354 g/mol. The van der Waals surface area contributed by atoms with E-state index in [9.17, 15) is 19.2 Å². The molecule has 26 heavy (non-hydrogen) atoms. The number of hydrogen-bond acceptors (Lipinski definition) is 6. The van der Waals surface area contributed by atoms with Crippen LogP contribution in [0.5, 0.6) is 0 Å². The quantitative estimate of drug-likeness (QED) is 0.697. The zero-order valence-corrected chi connectivity index (χ0v) is 13.6. The first-order chi connectivity index (χ1) is 12.4. The number of nitrogens with zero attached hydrogens (tertiary/aromatic N) is 2. The molecular weight excluding hydrogens is 340 g/mol.